The molecule has 0 aliphatic carbocycles. The number of nitrogens with zero attached hydrogens (tertiary/aromatic N) is 2. The molecule has 0 saturated carbocycles. The molecular weight excluding hydrogens is 388 g/mol. The summed E-state index contributed by atoms with van der Waals surface area (Å²) in [7, 11) is -0.691. The minimum atomic E-state index is -0.369. The Kier molecular flexibility index (Phi) is 12.8. The van der Waals surface area contributed by atoms with Gasteiger partial charge in [-0.3, -0.25) is 0 Å². The van der Waals surface area contributed by atoms with Crippen LogP contribution >= 0.6 is 0 Å². The van der Waals surface area contributed by atoms with Gasteiger partial charge in [-0.1, -0.05) is 25.6 Å². The van der Waals surface area contributed by atoms with Gasteiger partial charge in [0, 0.05) is 11.7 Å². The van der Waals surface area contributed by atoms with Crippen molar-refractivity contribution in [2.45, 2.75) is 72.7 Å². The second-order valence-electron chi connectivity index (χ2n) is 9.10. The molecule has 0 radical (unpaired) electrons. The number of benzene rings is 1. The third-order valence-corrected chi connectivity index (χ3v) is 6.59. The Hall–Kier alpha value is -1.05. The van der Waals surface area contributed by atoms with E-state index in [9.17, 15) is 15.2 Å². The van der Waals surface area contributed by atoms with Gasteiger partial charge in [0.2, 0.25) is 0 Å². The average Bonchev–Trinajstić information content (AvgIpc) is 2.75. The van der Waals surface area contributed by atoms with Crippen molar-refractivity contribution in [3.8, 4) is 0 Å². The molecule has 0 spiro atoms. The van der Waals surface area contributed by atoms with Crippen molar-refractivity contribution in [1.82, 2.24) is 9.62 Å². The second-order valence-corrected chi connectivity index (χ2v) is 9.10. The van der Waals surface area contributed by atoms with Crippen LogP contribution in [0.4, 0.5) is 5.69 Å². The molecule has 2 fully saturated rings. The smallest absolute Gasteiger partial charge is 0.376 e. The first kappa shape index (κ1) is 28.0. The van der Waals surface area contributed by atoms with E-state index in [1.165, 1.54) is 18.5 Å². The summed E-state index contributed by atoms with van der Waals surface area (Å²) in [5.41, 5.74) is 1.18. The van der Waals surface area contributed by atoms with Gasteiger partial charge in [0.15, 0.2) is 0 Å². The summed E-state index contributed by atoms with van der Waals surface area (Å²) < 4.78 is 0. The maximum Gasteiger partial charge on any atom is 0.376 e. The molecule has 0 amide bonds. The van der Waals surface area contributed by atoms with E-state index >= 15 is 0 Å². The molecule has 4 unspecified atom stereocenters. The van der Waals surface area contributed by atoms with Crippen molar-refractivity contribution < 1.29 is 15.2 Å². The lowest BCUT2D eigenvalue weighted by Crippen LogP contribution is -2.47. The number of rotatable bonds is 6. The molecule has 8 heteroatoms. The lowest BCUT2D eigenvalue weighted by molar-refractivity contribution is 0.0837. The van der Waals surface area contributed by atoms with Gasteiger partial charge < -0.3 is 30.1 Å². The van der Waals surface area contributed by atoms with Crippen molar-refractivity contribution >= 4 is 19.8 Å². The minimum absolute atomic E-state index is 0. The predicted octanol–water partition coefficient (Wildman–Crippen LogP) is 3.13. The largest absolute Gasteiger partial charge is 0.437 e. The first-order valence-corrected chi connectivity index (χ1v) is 11.6. The van der Waals surface area contributed by atoms with Crippen molar-refractivity contribution in [1.29, 1.82) is 0 Å². The van der Waals surface area contributed by atoms with E-state index in [0.29, 0.717) is 17.9 Å². The number of para-hydroxylation sites is 1. The standard InChI is InChI=1S/C14H23BN2O.C8H18BNO2.CH4/c1-12(16-14-8-4-3-5-9-14)13-7-6-10-17(11-13)15(2)18;1-7(11)8-4-3-5-10(6-8)9(2)12;/h3-5,8-9,12-13,16,18H,6-7,10-11H2,1-2H3;7-8,11-12H,3-6H2,1-2H3;1H4. The quantitative estimate of drug-likeness (QED) is 0.517. The highest BCUT2D eigenvalue weighted by Crippen LogP contribution is 2.23. The van der Waals surface area contributed by atoms with Gasteiger partial charge in [-0.05, 0) is 103 Å². The van der Waals surface area contributed by atoms with Gasteiger partial charge in [-0.15, -0.1) is 0 Å². The number of aliphatic hydroxyl groups is 1. The van der Waals surface area contributed by atoms with Crippen LogP contribution < -0.4 is 5.32 Å². The van der Waals surface area contributed by atoms with Crippen LogP contribution in [-0.4, -0.2) is 77.2 Å². The fraction of sp³-hybridized carbons (Fsp3) is 0.739. The maximum atomic E-state index is 9.67. The molecule has 1 aromatic carbocycles. The Morgan fingerprint density at radius 3 is 1.87 bits per heavy atom. The van der Waals surface area contributed by atoms with Crippen molar-refractivity contribution in [2.24, 2.45) is 11.8 Å². The number of nitrogens with one attached hydrogen (secondary N) is 1. The van der Waals surface area contributed by atoms with Gasteiger partial charge in [0.25, 0.3) is 0 Å². The van der Waals surface area contributed by atoms with E-state index in [1.807, 2.05) is 24.6 Å². The first-order valence-electron chi connectivity index (χ1n) is 11.6. The summed E-state index contributed by atoms with van der Waals surface area (Å²) in [5, 5.41) is 31.9. The van der Waals surface area contributed by atoms with Gasteiger partial charge in [0.1, 0.15) is 0 Å². The molecule has 0 aromatic heterocycles. The maximum absolute atomic E-state index is 9.67. The molecule has 0 bridgehead atoms. The first-order chi connectivity index (χ1) is 14.3. The zero-order valence-electron chi connectivity index (χ0n) is 19.2. The highest BCUT2D eigenvalue weighted by Gasteiger charge is 2.28. The Labute approximate surface area is 191 Å². The van der Waals surface area contributed by atoms with E-state index < -0.39 is 0 Å². The summed E-state index contributed by atoms with van der Waals surface area (Å²) in [6.07, 6.45) is 4.34. The molecule has 1 aromatic rings. The Balaban J connectivity index is 0.000000324. The van der Waals surface area contributed by atoms with Crippen LogP contribution in [0.5, 0.6) is 0 Å². The summed E-state index contributed by atoms with van der Waals surface area (Å²) in [6.45, 7) is 11.5. The summed E-state index contributed by atoms with van der Waals surface area (Å²) in [5.74, 6) is 0.946. The Bertz CT molecular complexity index is 579. The lowest BCUT2D eigenvalue weighted by atomic mass is 9.79. The average molecular weight is 433 g/mol. The lowest BCUT2D eigenvalue weighted by Gasteiger charge is -2.37. The number of aliphatic hydroxyl groups excluding tert-OH is 1. The zero-order valence-corrected chi connectivity index (χ0v) is 19.2. The number of anilines is 1. The molecular formula is C23H45B2N3O3. The normalized spacial score (nSPS) is 24.1. The van der Waals surface area contributed by atoms with Gasteiger partial charge in [-0.25, -0.2) is 0 Å². The Morgan fingerprint density at radius 1 is 0.903 bits per heavy atom. The summed E-state index contributed by atoms with van der Waals surface area (Å²) in [6, 6.07) is 10.8. The highest BCUT2D eigenvalue weighted by molar-refractivity contribution is 6.45. The zero-order chi connectivity index (χ0) is 22.1. The van der Waals surface area contributed by atoms with Crippen LogP contribution in [0.3, 0.4) is 0 Å². The van der Waals surface area contributed by atoms with Crippen LogP contribution in [-0.2, 0) is 0 Å². The molecule has 2 aliphatic heterocycles. The Morgan fingerprint density at radius 2 is 1.39 bits per heavy atom. The fourth-order valence-electron chi connectivity index (χ4n) is 4.48. The van der Waals surface area contributed by atoms with Crippen LogP contribution in [0.2, 0.25) is 13.6 Å². The van der Waals surface area contributed by atoms with E-state index in [2.05, 4.69) is 41.3 Å². The highest BCUT2D eigenvalue weighted by atomic mass is 16.3. The van der Waals surface area contributed by atoms with Crippen molar-refractivity contribution in [2.75, 3.05) is 31.5 Å². The second kappa shape index (κ2) is 14.2. The summed E-state index contributed by atoms with van der Waals surface area (Å²) in [4.78, 5) is 4.18. The number of hydrogen-bond acceptors (Lipinski definition) is 6. The van der Waals surface area contributed by atoms with E-state index in [1.54, 1.807) is 6.82 Å². The molecule has 176 valence electrons. The molecule has 31 heavy (non-hydrogen) atoms. The molecule has 6 nitrogen and oxygen atoms in total. The van der Waals surface area contributed by atoms with Crippen LogP contribution in [0.15, 0.2) is 30.3 Å². The van der Waals surface area contributed by atoms with E-state index in [4.69, 9.17) is 0 Å². The fourth-order valence-corrected chi connectivity index (χ4v) is 4.48. The third-order valence-electron chi connectivity index (χ3n) is 6.59. The van der Waals surface area contributed by atoms with Crippen LogP contribution in [0.1, 0.15) is 47.0 Å². The molecule has 4 atom stereocenters. The van der Waals surface area contributed by atoms with Crippen molar-refractivity contribution in [3.63, 3.8) is 0 Å². The van der Waals surface area contributed by atoms with Crippen molar-refractivity contribution in [3.05, 3.63) is 30.3 Å². The summed E-state index contributed by atoms with van der Waals surface area (Å²) >= 11 is 0. The monoisotopic (exact) mass is 433 g/mol. The molecule has 4 N–H and O–H groups in total. The molecule has 3 rings (SSSR count). The number of hydrogen-bond donors (Lipinski definition) is 4. The molecule has 2 heterocycles. The number of piperidine rings is 2. The van der Waals surface area contributed by atoms with Crippen LogP contribution in [0, 0.1) is 11.8 Å². The van der Waals surface area contributed by atoms with E-state index in [-0.39, 0.29) is 27.6 Å². The SMILES string of the molecule is C.CB(O)N1CCCC(C(C)Nc2ccccc2)C1.CB(O)N1CCCC(C(C)O)C1. The van der Waals surface area contributed by atoms with Gasteiger partial charge >= 0.3 is 14.1 Å². The molecule has 2 aliphatic rings. The van der Waals surface area contributed by atoms with E-state index in [0.717, 1.165) is 39.0 Å². The minimum Gasteiger partial charge on any atom is -0.437 e. The molecule has 2 saturated heterocycles. The topological polar surface area (TPSA) is 79.2 Å². The third kappa shape index (κ3) is 9.54. The predicted molar refractivity (Wildman–Crippen MR) is 134 cm³/mol. The van der Waals surface area contributed by atoms with Gasteiger partial charge in [-0.2, -0.15) is 0 Å². The van der Waals surface area contributed by atoms with Gasteiger partial charge in [0.05, 0.1) is 6.10 Å². The van der Waals surface area contributed by atoms with Crippen LogP contribution in [0.25, 0.3) is 0 Å².